The van der Waals surface area contributed by atoms with Gasteiger partial charge in [-0.15, -0.1) is 0 Å². The number of pyridine rings is 1. The largest absolute Gasteiger partial charge is 0.481 e. The number of aryl methyl sites for hydroxylation is 1. The van der Waals surface area contributed by atoms with Crippen LogP contribution in [0.15, 0.2) is 29.1 Å². The van der Waals surface area contributed by atoms with Crippen molar-refractivity contribution in [3.8, 4) is 0 Å². The molecule has 1 unspecified atom stereocenters. The molecule has 0 radical (unpaired) electrons. The van der Waals surface area contributed by atoms with Crippen molar-refractivity contribution >= 4 is 16.9 Å². The van der Waals surface area contributed by atoms with Crippen molar-refractivity contribution in [1.82, 2.24) is 4.98 Å². The Morgan fingerprint density at radius 2 is 2.06 bits per heavy atom. The summed E-state index contributed by atoms with van der Waals surface area (Å²) in [6, 6.07) is 6.93. The number of aromatic amines is 1. The molecule has 2 rings (SSSR count). The lowest BCUT2D eigenvalue weighted by Gasteiger charge is -2.10. The number of H-pyrrole nitrogens is 1. The summed E-state index contributed by atoms with van der Waals surface area (Å²) in [5, 5.41) is 9.83. The third kappa shape index (κ3) is 2.06. The number of nitrogens with one attached hydrogen (secondary N) is 1. The van der Waals surface area contributed by atoms with Crippen LogP contribution in [0.4, 0.5) is 0 Å². The van der Waals surface area contributed by atoms with Gasteiger partial charge >= 0.3 is 5.97 Å². The van der Waals surface area contributed by atoms with Gasteiger partial charge in [-0.1, -0.05) is 11.6 Å². The Labute approximate surface area is 97.9 Å². The van der Waals surface area contributed by atoms with Crippen LogP contribution in [-0.4, -0.2) is 16.1 Å². The van der Waals surface area contributed by atoms with Crippen LogP contribution < -0.4 is 5.56 Å². The summed E-state index contributed by atoms with van der Waals surface area (Å²) in [6.45, 7) is 3.51. The van der Waals surface area contributed by atoms with E-state index in [1.54, 1.807) is 13.0 Å². The Balaban J connectivity index is 2.80. The summed E-state index contributed by atoms with van der Waals surface area (Å²) in [5.74, 6) is -1.62. The maximum atomic E-state index is 11.5. The Hall–Kier alpha value is -2.10. The summed E-state index contributed by atoms with van der Waals surface area (Å²) in [5.41, 5.74) is 1.99. The molecule has 2 aromatic rings. The van der Waals surface area contributed by atoms with Crippen molar-refractivity contribution < 1.29 is 9.90 Å². The van der Waals surface area contributed by atoms with Crippen molar-refractivity contribution in [2.75, 3.05) is 0 Å². The molecule has 4 heteroatoms. The molecule has 0 amide bonds. The first-order valence-corrected chi connectivity index (χ1v) is 5.35. The van der Waals surface area contributed by atoms with E-state index in [1.165, 1.54) is 6.07 Å². The fourth-order valence-electron chi connectivity index (χ4n) is 1.89. The minimum absolute atomic E-state index is 0.274. The number of fused-ring (bicyclic) bond motifs is 1. The standard InChI is InChI=1S/C13H13NO3/c1-7-3-4-11-10(5-7)9(6-12(15)14-11)8(2)13(16)17/h3-6,8H,1-2H3,(H,14,15)(H,16,17). The second kappa shape index (κ2) is 4.05. The number of carboxylic acid groups (broad SMARTS) is 1. The molecule has 0 saturated heterocycles. The molecule has 0 spiro atoms. The zero-order chi connectivity index (χ0) is 12.6. The van der Waals surface area contributed by atoms with Crippen LogP contribution >= 0.6 is 0 Å². The lowest BCUT2D eigenvalue weighted by atomic mass is 9.96. The van der Waals surface area contributed by atoms with Crippen LogP contribution in [0.25, 0.3) is 10.9 Å². The molecule has 17 heavy (non-hydrogen) atoms. The third-order valence-electron chi connectivity index (χ3n) is 2.87. The number of carbonyl (C=O) groups is 1. The van der Waals surface area contributed by atoms with Gasteiger partial charge in [0.15, 0.2) is 0 Å². The van der Waals surface area contributed by atoms with E-state index in [0.717, 1.165) is 10.9 Å². The summed E-state index contributed by atoms with van der Waals surface area (Å²) >= 11 is 0. The van der Waals surface area contributed by atoms with Crippen LogP contribution in [-0.2, 0) is 4.79 Å². The number of hydrogen-bond donors (Lipinski definition) is 2. The van der Waals surface area contributed by atoms with Crippen molar-refractivity contribution in [3.05, 3.63) is 45.7 Å². The molecule has 0 fully saturated rings. The molecule has 4 nitrogen and oxygen atoms in total. The van der Waals surface area contributed by atoms with Gasteiger partial charge in [-0.3, -0.25) is 9.59 Å². The number of rotatable bonds is 2. The summed E-state index contributed by atoms with van der Waals surface area (Å²) in [7, 11) is 0. The fraction of sp³-hybridized carbons (Fsp3) is 0.231. The van der Waals surface area contributed by atoms with E-state index < -0.39 is 11.9 Å². The monoisotopic (exact) mass is 231 g/mol. The molecule has 1 aromatic carbocycles. The van der Waals surface area contributed by atoms with Crippen molar-refractivity contribution in [2.24, 2.45) is 0 Å². The number of aliphatic carboxylic acids is 1. The summed E-state index contributed by atoms with van der Waals surface area (Å²) in [4.78, 5) is 25.2. The molecule has 1 heterocycles. The molecule has 0 saturated carbocycles. The Morgan fingerprint density at radius 1 is 1.35 bits per heavy atom. The molecular weight excluding hydrogens is 218 g/mol. The minimum Gasteiger partial charge on any atom is -0.481 e. The second-order valence-corrected chi connectivity index (χ2v) is 4.20. The van der Waals surface area contributed by atoms with Gasteiger partial charge in [-0.2, -0.15) is 0 Å². The van der Waals surface area contributed by atoms with Crippen molar-refractivity contribution in [2.45, 2.75) is 19.8 Å². The first-order valence-electron chi connectivity index (χ1n) is 5.35. The molecule has 2 N–H and O–H groups in total. The van der Waals surface area contributed by atoms with E-state index in [9.17, 15) is 9.59 Å². The predicted octanol–water partition coefficient (Wildman–Crippen LogP) is 2.02. The third-order valence-corrected chi connectivity index (χ3v) is 2.87. The first-order chi connectivity index (χ1) is 7.99. The molecule has 88 valence electrons. The van der Waals surface area contributed by atoms with Crippen LogP contribution in [0.1, 0.15) is 24.0 Å². The van der Waals surface area contributed by atoms with Gasteiger partial charge in [-0.05, 0) is 31.5 Å². The SMILES string of the molecule is Cc1ccc2[nH]c(=O)cc(C(C)C(=O)O)c2c1. The minimum atomic E-state index is -0.932. The van der Waals surface area contributed by atoms with Crippen LogP contribution in [0.5, 0.6) is 0 Å². The second-order valence-electron chi connectivity index (χ2n) is 4.20. The number of aromatic nitrogens is 1. The number of carboxylic acids is 1. The predicted molar refractivity (Wildman–Crippen MR) is 65.4 cm³/mol. The first kappa shape index (κ1) is 11.4. The lowest BCUT2D eigenvalue weighted by molar-refractivity contribution is -0.138. The average molecular weight is 231 g/mol. The maximum absolute atomic E-state index is 11.5. The quantitative estimate of drug-likeness (QED) is 0.830. The highest BCUT2D eigenvalue weighted by molar-refractivity contribution is 5.88. The zero-order valence-corrected chi connectivity index (χ0v) is 9.65. The van der Waals surface area contributed by atoms with Crippen LogP contribution in [0, 0.1) is 6.92 Å². The fourth-order valence-corrected chi connectivity index (χ4v) is 1.89. The highest BCUT2D eigenvalue weighted by Crippen LogP contribution is 2.23. The van der Waals surface area contributed by atoms with Gasteiger partial charge in [0.2, 0.25) is 5.56 Å². The Morgan fingerprint density at radius 3 is 2.71 bits per heavy atom. The van der Waals surface area contributed by atoms with E-state index in [4.69, 9.17) is 5.11 Å². The van der Waals surface area contributed by atoms with E-state index >= 15 is 0 Å². The topological polar surface area (TPSA) is 70.2 Å². The van der Waals surface area contributed by atoms with Gasteiger partial charge in [0.1, 0.15) is 0 Å². The average Bonchev–Trinajstić information content (AvgIpc) is 2.27. The van der Waals surface area contributed by atoms with Crippen LogP contribution in [0.3, 0.4) is 0 Å². The van der Waals surface area contributed by atoms with Gasteiger partial charge in [0.25, 0.3) is 0 Å². The van der Waals surface area contributed by atoms with Gasteiger partial charge < -0.3 is 10.1 Å². The lowest BCUT2D eigenvalue weighted by Crippen LogP contribution is -2.13. The highest BCUT2D eigenvalue weighted by atomic mass is 16.4. The van der Waals surface area contributed by atoms with Gasteiger partial charge in [-0.25, -0.2) is 0 Å². The van der Waals surface area contributed by atoms with E-state index in [-0.39, 0.29) is 5.56 Å². The van der Waals surface area contributed by atoms with E-state index in [1.807, 2.05) is 19.1 Å². The Kier molecular flexibility index (Phi) is 2.71. The van der Waals surface area contributed by atoms with Crippen molar-refractivity contribution in [1.29, 1.82) is 0 Å². The molecular formula is C13H13NO3. The molecule has 1 atom stereocenters. The normalized spacial score (nSPS) is 12.6. The van der Waals surface area contributed by atoms with Crippen LogP contribution in [0.2, 0.25) is 0 Å². The van der Waals surface area contributed by atoms with Gasteiger partial charge in [0.05, 0.1) is 5.92 Å². The van der Waals surface area contributed by atoms with E-state index in [0.29, 0.717) is 11.1 Å². The summed E-state index contributed by atoms with van der Waals surface area (Å²) < 4.78 is 0. The molecule has 0 bridgehead atoms. The number of hydrogen-bond acceptors (Lipinski definition) is 2. The molecule has 0 aliphatic heterocycles. The molecule has 1 aromatic heterocycles. The van der Waals surface area contributed by atoms with E-state index in [2.05, 4.69) is 4.98 Å². The highest BCUT2D eigenvalue weighted by Gasteiger charge is 2.17. The van der Waals surface area contributed by atoms with Crippen molar-refractivity contribution in [3.63, 3.8) is 0 Å². The smallest absolute Gasteiger partial charge is 0.310 e. The summed E-state index contributed by atoms with van der Waals surface area (Å²) in [6.07, 6.45) is 0. The number of benzene rings is 1. The molecule has 0 aliphatic carbocycles. The van der Waals surface area contributed by atoms with Gasteiger partial charge in [0, 0.05) is 17.0 Å². The Bertz CT molecular complexity index is 643. The zero-order valence-electron chi connectivity index (χ0n) is 9.65. The maximum Gasteiger partial charge on any atom is 0.310 e. The molecule has 0 aliphatic rings.